The van der Waals surface area contributed by atoms with E-state index in [0.717, 1.165) is 16.5 Å². The Morgan fingerprint density at radius 2 is 1.90 bits per heavy atom. The molecule has 0 aliphatic carbocycles. The number of halogens is 1. The standard InChI is InChI=1S/C20H17ClN6O2/c21-15-7-3-1-6-14(15)18(28)25-17(19(29)26-20-23-11-24-27-20)9-12-10-22-16-8-4-2-5-13(12)16/h1-8,10-11,17,22H,9H2,(H,25,28)(H2,23,24,26,27,29)/t17-/m1/s1. The second-order valence-corrected chi connectivity index (χ2v) is 6.80. The van der Waals surface area contributed by atoms with E-state index in [1.54, 1.807) is 24.3 Å². The molecule has 2 aromatic heterocycles. The van der Waals surface area contributed by atoms with E-state index in [1.165, 1.54) is 6.33 Å². The van der Waals surface area contributed by atoms with Crippen LogP contribution in [0.5, 0.6) is 0 Å². The Morgan fingerprint density at radius 1 is 1.10 bits per heavy atom. The molecule has 2 aromatic carbocycles. The number of hydrogen-bond acceptors (Lipinski definition) is 4. The van der Waals surface area contributed by atoms with Crippen molar-refractivity contribution < 1.29 is 9.59 Å². The van der Waals surface area contributed by atoms with Crippen LogP contribution in [-0.2, 0) is 11.2 Å². The van der Waals surface area contributed by atoms with E-state index in [1.807, 2.05) is 30.5 Å². The van der Waals surface area contributed by atoms with Gasteiger partial charge in [-0.05, 0) is 23.8 Å². The van der Waals surface area contributed by atoms with Gasteiger partial charge < -0.3 is 10.3 Å². The van der Waals surface area contributed by atoms with Crippen LogP contribution >= 0.6 is 11.6 Å². The average molecular weight is 409 g/mol. The van der Waals surface area contributed by atoms with Gasteiger partial charge in [0.05, 0.1) is 10.6 Å². The van der Waals surface area contributed by atoms with Gasteiger partial charge in [0.25, 0.3) is 5.91 Å². The summed E-state index contributed by atoms with van der Waals surface area (Å²) in [7, 11) is 0. The van der Waals surface area contributed by atoms with Crippen molar-refractivity contribution in [2.75, 3.05) is 5.32 Å². The molecule has 1 atom stereocenters. The van der Waals surface area contributed by atoms with Gasteiger partial charge in [0.15, 0.2) is 0 Å². The van der Waals surface area contributed by atoms with Crippen molar-refractivity contribution >= 4 is 40.3 Å². The molecule has 0 saturated heterocycles. The average Bonchev–Trinajstić information content (AvgIpc) is 3.38. The Kier molecular flexibility index (Phi) is 5.26. The van der Waals surface area contributed by atoms with Gasteiger partial charge in [-0.1, -0.05) is 41.9 Å². The molecule has 9 heteroatoms. The third-order valence-corrected chi connectivity index (χ3v) is 4.83. The van der Waals surface area contributed by atoms with Crippen molar-refractivity contribution in [2.45, 2.75) is 12.5 Å². The fourth-order valence-corrected chi connectivity index (χ4v) is 3.30. The van der Waals surface area contributed by atoms with E-state index in [0.29, 0.717) is 10.6 Å². The lowest BCUT2D eigenvalue weighted by molar-refractivity contribution is -0.118. The summed E-state index contributed by atoms with van der Waals surface area (Å²) >= 11 is 6.13. The molecule has 2 heterocycles. The largest absolute Gasteiger partial charge is 0.361 e. The molecule has 4 aromatic rings. The number of aromatic nitrogens is 4. The third kappa shape index (κ3) is 4.12. The zero-order valence-corrected chi connectivity index (χ0v) is 15.9. The summed E-state index contributed by atoms with van der Waals surface area (Å²) in [5, 5.41) is 13.0. The Bertz CT molecular complexity index is 1150. The summed E-state index contributed by atoms with van der Waals surface area (Å²) in [5.74, 6) is -0.661. The molecule has 8 nitrogen and oxygen atoms in total. The van der Waals surface area contributed by atoms with Gasteiger partial charge >= 0.3 is 0 Å². The maximum atomic E-state index is 12.9. The van der Waals surface area contributed by atoms with Crippen LogP contribution in [0, 0.1) is 0 Å². The van der Waals surface area contributed by atoms with E-state index < -0.39 is 17.9 Å². The predicted molar refractivity (Wildman–Crippen MR) is 110 cm³/mol. The van der Waals surface area contributed by atoms with E-state index in [-0.39, 0.29) is 12.4 Å². The van der Waals surface area contributed by atoms with Gasteiger partial charge in [-0.15, -0.1) is 0 Å². The number of carbonyl (C=O) groups is 2. The van der Waals surface area contributed by atoms with Gasteiger partial charge in [0, 0.05) is 23.5 Å². The molecule has 4 N–H and O–H groups in total. The highest BCUT2D eigenvalue weighted by molar-refractivity contribution is 6.33. The van der Waals surface area contributed by atoms with Gasteiger partial charge in [0.2, 0.25) is 11.9 Å². The molecule has 2 amide bonds. The zero-order valence-electron chi connectivity index (χ0n) is 15.1. The highest BCUT2D eigenvalue weighted by atomic mass is 35.5. The van der Waals surface area contributed by atoms with E-state index in [9.17, 15) is 9.59 Å². The van der Waals surface area contributed by atoms with E-state index >= 15 is 0 Å². The molecule has 0 fully saturated rings. The van der Waals surface area contributed by atoms with Crippen molar-refractivity contribution in [1.82, 2.24) is 25.5 Å². The van der Waals surface area contributed by atoms with Crippen molar-refractivity contribution in [3.05, 3.63) is 77.2 Å². The number of benzene rings is 2. The van der Waals surface area contributed by atoms with Gasteiger partial charge in [-0.3, -0.25) is 14.9 Å². The summed E-state index contributed by atoms with van der Waals surface area (Å²) in [6, 6.07) is 13.6. The van der Waals surface area contributed by atoms with Crippen molar-refractivity contribution in [3.8, 4) is 0 Å². The number of H-pyrrole nitrogens is 2. The van der Waals surface area contributed by atoms with Crippen LogP contribution in [0.15, 0.2) is 61.1 Å². The van der Waals surface area contributed by atoms with Gasteiger partial charge in [-0.25, -0.2) is 5.10 Å². The molecule has 4 rings (SSSR count). The summed E-state index contributed by atoms with van der Waals surface area (Å²) < 4.78 is 0. The molecule has 0 saturated carbocycles. The minimum atomic E-state index is -0.858. The normalized spacial score (nSPS) is 11.9. The maximum absolute atomic E-state index is 12.9. The van der Waals surface area contributed by atoms with Crippen LogP contribution in [-0.4, -0.2) is 38.0 Å². The summed E-state index contributed by atoms with van der Waals surface area (Å²) in [4.78, 5) is 32.7. The Hall–Kier alpha value is -3.65. The minimum absolute atomic E-state index is 0.200. The van der Waals surface area contributed by atoms with Gasteiger partial charge in [-0.2, -0.15) is 10.1 Å². The lowest BCUT2D eigenvalue weighted by Crippen LogP contribution is -2.45. The fraction of sp³-hybridized carbons (Fsp3) is 0.100. The smallest absolute Gasteiger partial charge is 0.253 e. The fourth-order valence-electron chi connectivity index (χ4n) is 3.08. The van der Waals surface area contributed by atoms with Crippen molar-refractivity contribution in [1.29, 1.82) is 0 Å². The third-order valence-electron chi connectivity index (χ3n) is 4.50. The maximum Gasteiger partial charge on any atom is 0.253 e. The van der Waals surface area contributed by atoms with Crippen molar-refractivity contribution in [3.63, 3.8) is 0 Å². The van der Waals surface area contributed by atoms with Crippen LogP contribution in [0.2, 0.25) is 5.02 Å². The molecule has 0 aliphatic rings. The second-order valence-electron chi connectivity index (χ2n) is 6.39. The Labute approximate surface area is 170 Å². The van der Waals surface area contributed by atoms with Crippen LogP contribution in [0.25, 0.3) is 10.9 Å². The summed E-state index contributed by atoms with van der Waals surface area (Å²) in [6.07, 6.45) is 3.40. The molecule has 0 bridgehead atoms. The van der Waals surface area contributed by atoms with Crippen LogP contribution in [0.4, 0.5) is 5.95 Å². The molecule has 0 unspecified atom stereocenters. The molecule has 29 heavy (non-hydrogen) atoms. The van der Waals surface area contributed by atoms with E-state index in [2.05, 4.69) is 30.8 Å². The number of amides is 2. The molecule has 0 radical (unpaired) electrons. The molecule has 0 spiro atoms. The predicted octanol–water partition coefficient (Wildman–Crippen LogP) is 2.92. The number of nitrogens with one attached hydrogen (secondary N) is 4. The first-order chi connectivity index (χ1) is 14.1. The lowest BCUT2D eigenvalue weighted by atomic mass is 10.0. The van der Waals surface area contributed by atoms with Crippen LogP contribution in [0.1, 0.15) is 15.9 Å². The first-order valence-electron chi connectivity index (χ1n) is 8.88. The first-order valence-corrected chi connectivity index (χ1v) is 9.26. The number of carbonyl (C=O) groups excluding carboxylic acids is 2. The zero-order chi connectivity index (χ0) is 20.2. The number of hydrogen-bond donors (Lipinski definition) is 4. The number of anilines is 1. The first kappa shape index (κ1) is 18.7. The molecular weight excluding hydrogens is 392 g/mol. The lowest BCUT2D eigenvalue weighted by Gasteiger charge is -2.18. The van der Waals surface area contributed by atoms with E-state index in [4.69, 9.17) is 11.6 Å². The summed E-state index contributed by atoms with van der Waals surface area (Å²) in [5.41, 5.74) is 2.15. The highest BCUT2D eigenvalue weighted by Crippen LogP contribution is 2.20. The Morgan fingerprint density at radius 3 is 2.69 bits per heavy atom. The van der Waals surface area contributed by atoms with Crippen LogP contribution in [0.3, 0.4) is 0 Å². The molecular formula is C20H17ClN6O2. The highest BCUT2D eigenvalue weighted by Gasteiger charge is 2.24. The monoisotopic (exact) mass is 408 g/mol. The second kappa shape index (κ2) is 8.15. The van der Waals surface area contributed by atoms with Gasteiger partial charge in [0.1, 0.15) is 12.4 Å². The minimum Gasteiger partial charge on any atom is -0.361 e. The van der Waals surface area contributed by atoms with Crippen LogP contribution < -0.4 is 10.6 Å². The SMILES string of the molecule is O=C(N[C@H](Cc1c[nH]c2ccccc12)C(=O)Nc1ncn[nH]1)c1ccccc1Cl. The Balaban J connectivity index is 1.60. The number of nitrogens with zero attached hydrogens (tertiary/aromatic N) is 2. The number of fused-ring (bicyclic) bond motifs is 1. The number of rotatable bonds is 6. The quantitative estimate of drug-likeness (QED) is 0.392. The van der Waals surface area contributed by atoms with Crippen molar-refractivity contribution in [2.24, 2.45) is 0 Å². The number of aromatic amines is 2. The number of para-hydroxylation sites is 1. The topological polar surface area (TPSA) is 116 Å². The summed E-state index contributed by atoms with van der Waals surface area (Å²) in [6.45, 7) is 0. The molecule has 146 valence electrons. The molecule has 0 aliphatic heterocycles.